The number of carbonyl (C=O) groups excluding carboxylic acids is 1. The number of hydrogen-bond acceptors (Lipinski definition) is 3. The second-order valence-corrected chi connectivity index (χ2v) is 5.30. The number of aliphatic carboxylic acids is 1. The SMILES string of the molecule is CC(CC(=O)Nc1ccc(Br)cc1)N[C@@H](C)C(=O)O. The van der Waals surface area contributed by atoms with Crippen LogP contribution in [-0.4, -0.2) is 29.1 Å². The second kappa shape index (κ2) is 7.25. The van der Waals surface area contributed by atoms with E-state index >= 15 is 0 Å². The minimum absolute atomic E-state index is 0.153. The van der Waals surface area contributed by atoms with E-state index in [0.717, 1.165) is 4.47 Å². The van der Waals surface area contributed by atoms with E-state index in [1.807, 2.05) is 12.1 Å². The van der Waals surface area contributed by atoms with Gasteiger partial charge in [0.2, 0.25) is 5.91 Å². The van der Waals surface area contributed by atoms with Crippen molar-refractivity contribution in [3.8, 4) is 0 Å². The number of nitrogens with one attached hydrogen (secondary N) is 2. The molecule has 3 N–H and O–H groups in total. The molecule has 0 aliphatic rings. The molecular formula is C13H17BrN2O3. The Kier molecular flexibility index (Phi) is 5.98. The van der Waals surface area contributed by atoms with Crippen LogP contribution in [-0.2, 0) is 9.59 Å². The zero-order chi connectivity index (χ0) is 14.4. The Morgan fingerprint density at radius 3 is 2.37 bits per heavy atom. The number of halogens is 1. The van der Waals surface area contributed by atoms with Crippen LogP contribution in [0.4, 0.5) is 5.69 Å². The Labute approximate surface area is 120 Å². The van der Waals surface area contributed by atoms with E-state index in [2.05, 4.69) is 26.6 Å². The molecule has 0 fully saturated rings. The van der Waals surface area contributed by atoms with E-state index in [1.54, 1.807) is 26.0 Å². The lowest BCUT2D eigenvalue weighted by Gasteiger charge is -2.16. The van der Waals surface area contributed by atoms with Gasteiger partial charge in [0.25, 0.3) is 0 Å². The molecule has 104 valence electrons. The zero-order valence-corrected chi connectivity index (χ0v) is 12.4. The molecule has 0 heterocycles. The normalized spacial score (nSPS) is 13.6. The first-order valence-electron chi connectivity index (χ1n) is 5.92. The summed E-state index contributed by atoms with van der Waals surface area (Å²) in [5.41, 5.74) is 0.715. The molecule has 5 nitrogen and oxygen atoms in total. The maximum absolute atomic E-state index is 11.7. The fraction of sp³-hybridized carbons (Fsp3) is 0.385. The summed E-state index contributed by atoms with van der Waals surface area (Å²) >= 11 is 3.31. The zero-order valence-electron chi connectivity index (χ0n) is 10.8. The largest absolute Gasteiger partial charge is 0.480 e. The molecule has 19 heavy (non-hydrogen) atoms. The topological polar surface area (TPSA) is 78.4 Å². The monoisotopic (exact) mass is 328 g/mol. The Morgan fingerprint density at radius 2 is 1.84 bits per heavy atom. The molecule has 0 saturated carbocycles. The number of anilines is 1. The van der Waals surface area contributed by atoms with Crippen molar-refractivity contribution in [2.75, 3.05) is 5.32 Å². The van der Waals surface area contributed by atoms with Gasteiger partial charge in [0.15, 0.2) is 0 Å². The third kappa shape index (κ3) is 5.85. The molecular weight excluding hydrogens is 312 g/mol. The van der Waals surface area contributed by atoms with Crippen LogP contribution in [0.2, 0.25) is 0 Å². The van der Waals surface area contributed by atoms with Gasteiger partial charge in [-0.15, -0.1) is 0 Å². The van der Waals surface area contributed by atoms with E-state index in [0.29, 0.717) is 5.69 Å². The highest BCUT2D eigenvalue weighted by Gasteiger charge is 2.16. The van der Waals surface area contributed by atoms with Crippen molar-refractivity contribution in [3.05, 3.63) is 28.7 Å². The summed E-state index contributed by atoms with van der Waals surface area (Å²) in [6, 6.07) is 6.38. The third-order valence-electron chi connectivity index (χ3n) is 2.52. The third-order valence-corrected chi connectivity index (χ3v) is 3.05. The number of carboxylic acid groups (broad SMARTS) is 1. The van der Waals surface area contributed by atoms with Crippen LogP contribution in [0.25, 0.3) is 0 Å². The van der Waals surface area contributed by atoms with Gasteiger partial charge >= 0.3 is 5.97 Å². The molecule has 0 aliphatic heterocycles. The molecule has 6 heteroatoms. The smallest absolute Gasteiger partial charge is 0.320 e. The van der Waals surface area contributed by atoms with Gasteiger partial charge in [-0.05, 0) is 38.1 Å². The number of carboxylic acids is 1. The lowest BCUT2D eigenvalue weighted by molar-refractivity contribution is -0.139. The van der Waals surface area contributed by atoms with Crippen molar-refractivity contribution in [1.29, 1.82) is 0 Å². The van der Waals surface area contributed by atoms with E-state index in [4.69, 9.17) is 5.11 Å². The second-order valence-electron chi connectivity index (χ2n) is 4.39. The van der Waals surface area contributed by atoms with Crippen molar-refractivity contribution in [3.63, 3.8) is 0 Å². The van der Waals surface area contributed by atoms with Gasteiger partial charge in [0.05, 0.1) is 0 Å². The van der Waals surface area contributed by atoms with Crippen LogP contribution in [0, 0.1) is 0 Å². The van der Waals surface area contributed by atoms with Crippen molar-refractivity contribution >= 4 is 33.5 Å². The number of benzene rings is 1. The first-order chi connectivity index (χ1) is 8.88. The summed E-state index contributed by atoms with van der Waals surface area (Å²) in [7, 11) is 0. The van der Waals surface area contributed by atoms with Crippen LogP contribution in [0.1, 0.15) is 20.3 Å². The highest BCUT2D eigenvalue weighted by Crippen LogP contribution is 2.14. The molecule has 2 atom stereocenters. The summed E-state index contributed by atoms with van der Waals surface area (Å²) in [6.45, 7) is 3.33. The summed E-state index contributed by atoms with van der Waals surface area (Å²) < 4.78 is 0.941. The highest BCUT2D eigenvalue weighted by atomic mass is 79.9. The van der Waals surface area contributed by atoms with Crippen LogP contribution in [0.5, 0.6) is 0 Å². The molecule has 1 rings (SSSR count). The Hall–Kier alpha value is -1.40. The van der Waals surface area contributed by atoms with Gasteiger partial charge in [0.1, 0.15) is 6.04 Å². The van der Waals surface area contributed by atoms with E-state index < -0.39 is 12.0 Å². The van der Waals surface area contributed by atoms with E-state index in [-0.39, 0.29) is 18.4 Å². The maximum Gasteiger partial charge on any atom is 0.320 e. The Morgan fingerprint density at radius 1 is 1.26 bits per heavy atom. The number of rotatable bonds is 6. The van der Waals surface area contributed by atoms with Gasteiger partial charge < -0.3 is 15.7 Å². The molecule has 1 aromatic rings. The average Bonchev–Trinajstić information content (AvgIpc) is 2.31. The first-order valence-corrected chi connectivity index (χ1v) is 6.72. The fourth-order valence-corrected chi connectivity index (χ4v) is 1.84. The van der Waals surface area contributed by atoms with Crippen LogP contribution in [0.15, 0.2) is 28.7 Å². The van der Waals surface area contributed by atoms with Gasteiger partial charge in [-0.3, -0.25) is 9.59 Å². The van der Waals surface area contributed by atoms with Crippen molar-refractivity contribution < 1.29 is 14.7 Å². The van der Waals surface area contributed by atoms with Crippen molar-refractivity contribution in [1.82, 2.24) is 5.32 Å². The van der Waals surface area contributed by atoms with Crippen LogP contribution in [0.3, 0.4) is 0 Å². The summed E-state index contributed by atoms with van der Waals surface area (Å²) in [5, 5.41) is 14.4. The summed E-state index contributed by atoms with van der Waals surface area (Å²) in [4.78, 5) is 22.4. The van der Waals surface area contributed by atoms with Crippen molar-refractivity contribution in [2.45, 2.75) is 32.4 Å². The average molecular weight is 329 g/mol. The molecule has 0 aliphatic carbocycles. The molecule has 0 saturated heterocycles. The van der Waals surface area contributed by atoms with Crippen LogP contribution >= 0.6 is 15.9 Å². The summed E-state index contributed by atoms with van der Waals surface area (Å²) in [5.74, 6) is -1.08. The lowest BCUT2D eigenvalue weighted by Crippen LogP contribution is -2.41. The van der Waals surface area contributed by atoms with Gasteiger partial charge in [-0.1, -0.05) is 15.9 Å². The molecule has 1 aromatic carbocycles. The standard InChI is InChI=1S/C13H17BrN2O3/c1-8(15-9(2)13(18)19)7-12(17)16-11-5-3-10(14)4-6-11/h3-6,8-9,15H,7H2,1-2H3,(H,16,17)(H,18,19)/t8?,9-/m0/s1. The van der Waals surface area contributed by atoms with Gasteiger partial charge in [-0.2, -0.15) is 0 Å². The minimum atomic E-state index is -0.930. The quantitative estimate of drug-likeness (QED) is 0.748. The molecule has 1 amide bonds. The van der Waals surface area contributed by atoms with Gasteiger partial charge in [-0.25, -0.2) is 0 Å². The molecule has 0 bridgehead atoms. The predicted molar refractivity (Wildman–Crippen MR) is 77.1 cm³/mol. The molecule has 0 radical (unpaired) electrons. The number of hydrogen-bond donors (Lipinski definition) is 3. The predicted octanol–water partition coefficient (Wildman–Crippen LogP) is 2.23. The Bertz CT molecular complexity index is 448. The van der Waals surface area contributed by atoms with E-state index in [1.165, 1.54) is 0 Å². The van der Waals surface area contributed by atoms with E-state index in [9.17, 15) is 9.59 Å². The number of amides is 1. The lowest BCUT2D eigenvalue weighted by atomic mass is 10.2. The maximum atomic E-state index is 11.7. The van der Waals surface area contributed by atoms with Crippen LogP contribution < -0.4 is 10.6 Å². The Balaban J connectivity index is 2.42. The molecule has 0 spiro atoms. The number of carbonyl (C=O) groups is 2. The highest BCUT2D eigenvalue weighted by molar-refractivity contribution is 9.10. The molecule has 1 unspecified atom stereocenters. The fourth-order valence-electron chi connectivity index (χ4n) is 1.58. The van der Waals surface area contributed by atoms with Gasteiger partial charge in [0, 0.05) is 22.6 Å². The molecule has 0 aromatic heterocycles. The first kappa shape index (κ1) is 15.7. The minimum Gasteiger partial charge on any atom is -0.480 e. The van der Waals surface area contributed by atoms with Crippen molar-refractivity contribution in [2.24, 2.45) is 0 Å². The summed E-state index contributed by atoms with van der Waals surface area (Å²) in [6.07, 6.45) is 0.216.